The molecule has 2 saturated heterocycles. The van der Waals surface area contributed by atoms with Gasteiger partial charge in [-0.25, -0.2) is 9.78 Å². The summed E-state index contributed by atoms with van der Waals surface area (Å²) in [6.07, 6.45) is 4.54. The van der Waals surface area contributed by atoms with Gasteiger partial charge in [-0.3, -0.25) is 9.88 Å². The summed E-state index contributed by atoms with van der Waals surface area (Å²) in [6, 6.07) is 11.4. The second-order valence-electron chi connectivity index (χ2n) is 9.64. The monoisotopic (exact) mass is 501 g/mol. The molecule has 7 rings (SSSR count). The number of ether oxygens (including phenoxy) is 4. The Labute approximate surface area is 214 Å². The lowest BCUT2D eigenvalue weighted by atomic mass is 10.1. The molecular weight excluding hydrogens is 474 g/mol. The number of aromatic nitrogens is 2. The van der Waals surface area contributed by atoms with E-state index < -0.39 is 0 Å². The molecule has 0 aliphatic carbocycles. The first-order valence-electron chi connectivity index (χ1n) is 12.6. The molecule has 2 aromatic heterocycles. The van der Waals surface area contributed by atoms with Gasteiger partial charge in [0.05, 0.1) is 37.1 Å². The van der Waals surface area contributed by atoms with Gasteiger partial charge < -0.3 is 28.7 Å². The van der Waals surface area contributed by atoms with Crippen LogP contribution in [-0.4, -0.2) is 73.6 Å². The van der Waals surface area contributed by atoms with Crippen LogP contribution in [0.4, 0.5) is 16.2 Å². The minimum atomic E-state index is -0.335. The van der Waals surface area contributed by atoms with Gasteiger partial charge in [-0.2, -0.15) is 0 Å². The molecule has 1 amide bonds. The fraction of sp³-hybridized carbons (Fsp3) is 0.370. The number of hydrogen-bond acceptors (Lipinski definition) is 9. The van der Waals surface area contributed by atoms with Gasteiger partial charge in [0.25, 0.3) is 0 Å². The van der Waals surface area contributed by atoms with Crippen molar-refractivity contribution in [2.75, 3.05) is 56.3 Å². The molecule has 10 nitrogen and oxygen atoms in total. The highest BCUT2D eigenvalue weighted by atomic mass is 16.6. The molecule has 4 aliphatic heterocycles. The zero-order chi connectivity index (χ0) is 24.9. The van der Waals surface area contributed by atoms with Gasteiger partial charge in [0, 0.05) is 49.2 Å². The summed E-state index contributed by atoms with van der Waals surface area (Å²) in [5, 5.41) is 0. The molecule has 0 bridgehead atoms. The Morgan fingerprint density at radius 3 is 2.84 bits per heavy atom. The predicted molar refractivity (Wildman–Crippen MR) is 136 cm³/mol. The van der Waals surface area contributed by atoms with Crippen molar-refractivity contribution in [1.29, 1.82) is 0 Å². The number of pyridine rings is 2. The van der Waals surface area contributed by atoms with Crippen molar-refractivity contribution >= 4 is 28.5 Å². The second kappa shape index (κ2) is 8.72. The van der Waals surface area contributed by atoms with Crippen LogP contribution in [0.15, 0.2) is 54.5 Å². The molecule has 3 aromatic rings. The quantitative estimate of drug-likeness (QED) is 0.522. The largest absolute Gasteiger partial charge is 0.486 e. The molecule has 0 radical (unpaired) electrons. The Kier molecular flexibility index (Phi) is 5.19. The number of benzene rings is 1. The third kappa shape index (κ3) is 3.83. The maximum absolute atomic E-state index is 12.7. The average molecular weight is 502 g/mol. The lowest BCUT2D eigenvalue weighted by Crippen LogP contribution is -2.32. The normalized spacial score (nSPS) is 22.4. The standard InChI is InChI=1S/C27H27N5O5/c1-34-25-5-3-20-26(29-25)21(6-8-28-20)31-9-7-17-13-30(16-22(17)31)14-19-15-32(27(33)37-19)18-2-4-23-24(12-18)36-11-10-35-23/h2-6,8,12,16-17,19H,7,9-11,13-15H2,1H3/t17-,19?/m1/s1. The van der Waals surface area contributed by atoms with E-state index in [1.54, 1.807) is 12.0 Å². The fourth-order valence-electron chi connectivity index (χ4n) is 5.67. The first-order chi connectivity index (χ1) is 18.2. The van der Waals surface area contributed by atoms with Crippen molar-refractivity contribution < 1.29 is 23.7 Å². The summed E-state index contributed by atoms with van der Waals surface area (Å²) in [4.78, 5) is 28.1. The van der Waals surface area contributed by atoms with Crippen molar-refractivity contribution in [3.05, 3.63) is 54.5 Å². The molecular formula is C27H27N5O5. The molecule has 0 saturated carbocycles. The number of nitrogens with zero attached hydrogens (tertiary/aromatic N) is 5. The van der Waals surface area contributed by atoms with Gasteiger partial charge in [0.1, 0.15) is 24.8 Å². The Morgan fingerprint density at radius 1 is 1.05 bits per heavy atom. The SMILES string of the molecule is COc1ccc2nccc(N3CC[C@@H]4CN(CC5CN(c6ccc7c(c6)OCCO7)C(=O)O5)C=C43)c2n1. The number of carbonyl (C=O) groups excluding carboxylic acids is 1. The fourth-order valence-corrected chi connectivity index (χ4v) is 5.67. The van der Waals surface area contributed by atoms with Crippen molar-refractivity contribution in [3.8, 4) is 17.4 Å². The highest BCUT2D eigenvalue weighted by Crippen LogP contribution is 2.40. The number of methoxy groups -OCH3 is 1. The molecule has 0 spiro atoms. The number of hydrogen-bond donors (Lipinski definition) is 0. The van der Waals surface area contributed by atoms with Crippen molar-refractivity contribution in [2.45, 2.75) is 12.5 Å². The van der Waals surface area contributed by atoms with Gasteiger partial charge in [0.15, 0.2) is 11.5 Å². The third-order valence-corrected chi connectivity index (χ3v) is 7.39. The maximum atomic E-state index is 12.7. The average Bonchev–Trinajstić information content (AvgIpc) is 3.62. The van der Waals surface area contributed by atoms with Crippen LogP contribution in [-0.2, 0) is 4.74 Å². The van der Waals surface area contributed by atoms with Crippen LogP contribution in [0, 0.1) is 5.92 Å². The van der Waals surface area contributed by atoms with Crippen LogP contribution in [0.2, 0.25) is 0 Å². The summed E-state index contributed by atoms with van der Waals surface area (Å²) >= 11 is 0. The van der Waals surface area contributed by atoms with Crippen LogP contribution >= 0.6 is 0 Å². The highest BCUT2D eigenvalue weighted by Gasteiger charge is 2.39. The minimum Gasteiger partial charge on any atom is -0.486 e. The zero-order valence-electron chi connectivity index (χ0n) is 20.5. The van der Waals surface area contributed by atoms with E-state index in [1.165, 1.54) is 5.70 Å². The van der Waals surface area contributed by atoms with Gasteiger partial charge in [-0.1, -0.05) is 0 Å². The van der Waals surface area contributed by atoms with E-state index in [2.05, 4.69) is 26.0 Å². The van der Waals surface area contributed by atoms with Crippen LogP contribution < -0.4 is 24.0 Å². The van der Waals surface area contributed by atoms with E-state index in [0.29, 0.717) is 49.6 Å². The molecule has 6 heterocycles. The van der Waals surface area contributed by atoms with Crippen LogP contribution in [0.5, 0.6) is 17.4 Å². The lowest BCUT2D eigenvalue weighted by molar-refractivity contribution is 0.122. The number of rotatable bonds is 5. The molecule has 2 atom stereocenters. The Bertz CT molecular complexity index is 1410. The summed E-state index contributed by atoms with van der Waals surface area (Å²) < 4.78 is 22.4. The van der Waals surface area contributed by atoms with Gasteiger partial charge in [-0.05, 0) is 30.7 Å². The summed E-state index contributed by atoms with van der Waals surface area (Å²) in [6.45, 7) is 4.01. The van der Waals surface area contributed by atoms with E-state index in [0.717, 1.165) is 41.9 Å². The van der Waals surface area contributed by atoms with E-state index in [9.17, 15) is 4.79 Å². The Balaban J connectivity index is 1.08. The summed E-state index contributed by atoms with van der Waals surface area (Å²) in [7, 11) is 1.62. The Morgan fingerprint density at radius 2 is 1.95 bits per heavy atom. The molecule has 37 heavy (non-hydrogen) atoms. The molecule has 1 unspecified atom stereocenters. The molecule has 1 aromatic carbocycles. The summed E-state index contributed by atoms with van der Waals surface area (Å²) in [5.74, 6) is 2.37. The zero-order valence-corrected chi connectivity index (χ0v) is 20.5. The van der Waals surface area contributed by atoms with Crippen LogP contribution in [0.25, 0.3) is 11.0 Å². The topological polar surface area (TPSA) is 89.5 Å². The molecule has 4 aliphatic rings. The number of amides is 1. The molecule has 190 valence electrons. The third-order valence-electron chi connectivity index (χ3n) is 7.39. The number of fused-ring (bicyclic) bond motifs is 3. The predicted octanol–water partition coefficient (Wildman–Crippen LogP) is 3.42. The Hall–Kier alpha value is -4.21. The van der Waals surface area contributed by atoms with Crippen molar-refractivity contribution in [2.24, 2.45) is 5.92 Å². The number of anilines is 2. The van der Waals surface area contributed by atoms with Crippen molar-refractivity contribution in [1.82, 2.24) is 14.9 Å². The van der Waals surface area contributed by atoms with E-state index in [-0.39, 0.29) is 12.2 Å². The highest BCUT2D eigenvalue weighted by molar-refractivity contribution is 5.90. The smallest absolute Gasteiger partial charge is 0.414 e. The van der Waals surface area contributed by atoms with Gasteiger partial charge in [-0.15, -0.1) is 0 Å². The number of carbonyl (C=O) groups is 1. The van der Waals surface area contributed by atoms with E-state index >= 15 is 0 Å². The van der Waals surface area contributed by atoms with Gasteiger partial charge >= 0.3 is 6.09 Å². The molecule has 0 N–H and O–H groups in total. The number of cyclic esters (lactones) is 1. The summed E-state index contributed by atoms with van der Waals surface area (Å²) in [5.41, 5.74) is 4.74. The first-order valence-corrected chi connectivity index (χ1v) is 12.6. The minimum absolute atomic E-state index is 0.225. The van der Waals surface area contributed by atoms with Gasteiger partial charge in [0.2, 0.25) is 5.88 Å². The van der Waals surface area contributed by atoms with Crippen molar-refractivity contribution in [3.63, 3.8) is 0 Å². The van der Waals surface area contributed by atoms with Crippen LogP contribution in [0.3, 0.4) is 0 Å². The second-order valence-corrected chi connectivity index (χ2v) is 9.64. The maximum Gasteiger partial charge on any atom is 0.414 e. The lowest BCUT2D eigenvalue weighted by Gasteiger charge is -2.22. The first kappa shape index (κ1) is 22.0. The molecule has 2 fully saturated rings. The van der Waals surface area contributed by atoms with Crippen LogP contribution in [0.1, 0.15) is 6.42 Å². The van der Waals surface area contributed by atoms with E-state index in [1.807, 2.05) is 42.6 Å². The molecule has 10 heteroatoms. The van der Waals surface area contributed by atoms with E-state index in [4.69, 9.17) is 18.9 Å².